The highest BCUT2D eigenvalue weighted by molar-refractivity contribution is 6.29. The lowest BCUT2D eigenvalue weighted by Gasteiger charge is -2.15. The standard InChI is InChI=1S/C14H18ClNO/c1-8-4-5-12(17)14-11(16-7-10(3)15)6-9(2)13(8)14/h4-5,9,11,16-17H,3,6-7H2,1-2H3. The van der Waals surface area contributed by atoms with Crippen LogP contribution in [0.15, 0.2) is 23.7 Å². The van der Waals surface area contributed by atoms with E-state index >= 15 is 0 Å². The molecule has 0 fully saturated rings. The fourth-order valence-electron chi connectivity index (χ4n) is 2.76. The van der Waals surface area contributed by atoms with Gasteiger partial charge in [-0.15, -0.1) is 0 Å². The summed E-state index contributed by atoms with van der Waals surface area (Å²) in [5, 5.41) is 14.0. The topological polar surface area (TPSA) is 32.3 Å². The molecule has 17 heavy (non-hydrogen) atoms. The number of benzene rings is 1. The number of rotatable bonds is 3. The van der Waals surface area contributed by atoms with Crippen molar-refractivity contribution in [1.82, 2.24) is 5.32 Å². The second-order valence-corrected chi connectivity index (χ2v) is 5.35. The Labute approximate surface area is 107 Å². The summed E-state index contributed by atoms with van der Waals surface area (Å²) in [7, 11) is 0. The van der Waals surface area contributed by atoms with Crippen LogP contribution in [0.4, 0.5) is 0 Å². The van der Waals surface area contributed by atoms with E-state index in [0.717, 1.165) is 12.0 Å². The highest BCUT2D eigenvalue weighted by atomic mass is 35.5. The summed E-state index contributed by atoms with van der Waals surface area (Å²) in [5.41, 5.74) is 3.57. The van der Waals surface area contributed by atoms with E-state index < -0.39 is 0 Å². The van der Waals surface area contributed by atoms with Gasteiger partial charge in [0.25, 0.3) is 0 Å². The van der Waals surface area contributed by atoms with Gasteiger partial charge in [0.15, 0.2) is 0 Å². The molecule has 0 saturated heterocycles. The van der Waals surface area contributed by atoms with Crippen molar-refractivity contribution in [1.29, 1.82) is 0 Å². The Balaban J connectivity index is 2.33. The van der Waals surface area contributed by atoms with Crippen LogP contribution >= 0.6 is 11.6 Å². The summed E-state index contributed by atoms with van der Waals surface area (Å²) in [6.45, 7) is 8.54. The lowest BCUT2D eigenvalue weighted by Crippen LogP contribution is -2.20. The molecule has 0 heterocycles. The van der Waals surface area contributed by atoms with Gasteiger partial charge in [0.05, 0.1) is 0 Å². The molecule has 1 aromatic carbocycles. The van der Waals surface area contributed by atoms with Crippen LogP contribution in [0.3, 0.4) is 0 Å². The maximum absolute atomic E-state index is 10.0. The first kappa shape index (κ1) is 12.5. The van der Waals surface area contributed by atoms with Crippen LogP contribution < -0.4 is 5.32 Å². The van der Waals surface area contributed by atoms with Crippen LogP contribution in [0.25, 0.3) is 0 Å². The van der Waals surface area contributed by atoms with E-state index in [9.17, 15) is 5.11 Å². The molecule has 2 N–H and O–H groups in total. The summed E-state index contributed by atoms with van der Waals surface area (Å²) in [5.74, 6) is 0.853. The molecule has 0 aromatic heterocycles. The molecule has 2 atom stereocenters. The summed E-state index contributed by atoms with van der Waals surface area (Å²) < 4.78 is 0. The van der Waals surface area contributed by atoms with Gasteiger partial charge in [0.2, 0.25) is 0 Å². The summed E-state index contributed by atoms with van der Waals surface area (Å²) >= 11 is 5.77. The van der Waals surface area contributed by atoms with Gasteiger partial charge >= 0.3 is 0 Å². The highest BCUT2D eigenvalue weighted by Crippen LogP contribution is 2.45. The number of halogens is 1. The molecule has 0 aliphatic heterocycles. The number of aromatic hydroxyl groups is 1. The van der Waals surface area contributed by atoms with Gasteiger partial charge in [0, 0.05) is 23.2 Å². The zero-order valence-electron chi connectivity index (χ0n) is 10.3. The van der Waals surface area contributed by atoms with E-state index in [4.69, 9.17) is 11.6 Å². The fourth-order valence-corrected chi connectivity index (χ4v) is 2.84. The summed E-state index contributed by atoms with van der Waals surface area (Å²) in [4.78, 5) is 0. The second-order valence-electron chi connectivity index (χ2n) is 4.82. The first-order valence-corrected chi connectivity index (χ1v) is 6.27. The molecule has 0 saturated carbocycles. The number of phenols is 1. The van der Waals surface area contributed by atoms with E-state index in [-0.39, 0.29) is 6.04 Å². The second kappa shape index (κ2) is 4.71. The van der Waals surface area contributed by atoms with Crippen molar-refractivity contribution < 1.29 is 5.11 Å². The number of nitrogens with one attached hydrogen (secondary N) is 1. The molecule has 2 rings (SSSR count). The molecule has 0 radical (unpaired) electrons. The normalized spacial score (nSPS) is 22.5. The number of hydrogen-bond donors (Lipinski definition) is 2. The van der Waals surface area contributed by atoms with Crippen LogP contribution in [0.1, 0.15) is 42.0 Å². The van der Waals surface area contributed by atoms with Crippen LogP contribution in [-0.2, 0) is 0 Å². The Bertz CT molecular complexity index is 456. The minimum absolute atomic E-state index is 0.176. The zero-order valence-corrected chi connectivity index (χ0v) is 11.0. The van der Waals surface area contributed by atoms with Gasteiger partial charge in [-0.2, -0.15) is 0 Å². The number of hydrogen-bond acceptors (Lipinski definition) is 2. The first-order valence-electron chi connectivity index (χ1n) is 5.89. The Hall–Kier alpha value is -0.990. The Morgan fingerprint density at radius 3 is 2.88 bits per heavy atom. The van der Waals surface area contributed by atoms with Crippen molar-refractivity contribution in [3.05, 3.63) is 40.4 Å². The SMILES string of the molecule is C=C(Cl)CNC1CC(C)c2c(C)ccc(O)c21. The quantitative estimate of drug-likeness (QED) is 0.861. The molecule has 0 bridgehead atoms. The average molecular weight is 252 g/mol. The molecule has 1 aromatic rings. The van der Waals surface area contributed by atoms with Gasteiger partial charge in [0.1, 0.15) is 5.75 Å². The monoisotopic (exact) mass is 251 g/mol. The molecule has 0 amide bonds. The molecular weight excluding hydrogens is 234 g/mol. The number of aryl methyl sites for hydroxylation is 1. The van der Waals surface area contributed by atoms with Gasteiger partial charge in [-0.25, -0.2) is 0 Å². The predicted molar refractivity (Wildman–Crippen MR) is 71.6 cm³/mol. The van der Waals surface area contributed by atoms with E-state index in [1.807, 2.05) is 6.07 Å². The van der Waals surface area contributed by atoms with Gasteiger partial charge in [-0.1, -0.05) is 31.2 Å². The first-order chi connectivity index (χ1) is 8.00. The smallest absolute Gasteiger partial charge is 0.120 e. The molecule has 2 unspecified atom stereocenters. The lowest BCUT2D eigenvalue weighted by atomic mass is 9.97. The Kier molecular flexibility index (Phi) is 3.45. The predicted octanol–water partition coefficient (Wildman–Crippen LogP) is 3.59. The molecule has 1 aliphatic carbocycles. The van der Waals surface area contributed by atoms with Crippen molar-refractivity contribution in [2.45, 2.75) is 32.2 Å². The maximum atomic E-state index is 10.0. The van der Waals surface area contributed by atoms with E-state index in [0.29, 0.717) is 23.2 Å². The van der Waals surface area contributed by atoms with Crippen molar-refractivity contribution in [3.63, 3.8) is 0 Å². The van der Waals surface area contributed by atoms with Gasteiger partial charge < -0.3 is 10.4 Å². The van der Waals surface area contributed by atoms with Crippen LogP contribution in [-0.4, -0.2) is 11.7 Å². The molecule has 0 spiro atoms. The largest absolute Gasteiger partial charge is 0.508 e. The summed E-state index contributed by atoms with van der Waals surface area (Å²) in [6.07, 6.45) is 0.998. The minimum atomic E-state index is 0.176. The van der Waals surface area contributed by atoms with Gasteiger partial charge in [-0.3, -0.25) is 0 Å². The zero-order chi connectivity index (χ0) is 12.6. The van der Waals surface area contributed by atoms with Crippen molar-refractivity contribution in [2.24, 2.45) is 0 Å². The van der Waals surface area contributed by atoms with E-state index in [2.05, 4.69) is 25.7 Å². The van der Waals surface area contributed by atoms with Crippen molar-refractivity contribution in [3.8, 4) is 5.75 Å². The lowest BCUT2D eigenvalue weighted by molar-refractivity contribution is 0.451. The average Bonchev–Trinajstić information content (AvgIpc) is 2.59. The third-order valence-corrected chi connectivity index (χ3v) is 3.59. The maximum Gasteiger partial charge on any atom is 0.120 e. The third-order valence-electron chi connectivity index (χ3n) is 3.45. The van der Waals surface area contributed by atoms with E-state index in [1.165, 1.54) is 11.1 Å². The minimum Gasteiger partial charge on any atom is -0.508 e. The number of phenolic OH excluding ortho intramolecular Hbond substituents is 1. The molecular formula is C14H18ClNO. The molecule has 1 aliphatic rings. The van der Waals surface area contributed by atoms with Crippen molar-refractivity contribution in [2.75, 3.05) is 6.54 Å². The Morgan fingerprint density at radius 2 is 2.24 bits per heavy atom. The molecule has 92 valence electrons. The molecule has 2 nitrogen and oxygen atoms in total. The molecule has 3 heteroatoms. The van der Waals surface area contributed by atoms with E-state index in [1.54, 1.807) is 6.07 Å². The Morgan fingerprint density at radius 1 is 1.53 bits per heavy atom. The third kappa shape index (κ3) is 2.33. The van der Waals surface area contributed by atoms with Crippen LogP contribution in [0, 0.1) is 6.92 Å². The highest BCUT2D eigenvalue weighted by Gasteiger charge is 2.31. The van der Waals surface area contributed by atoms with Crippen LogP contribution in [0.5, 0.6) is 5.75 Å². The van der Waals surface area contributed by atoms with Crippen molar-refractivity contribution >= 4 is 11.6 Å². The van der Waals surface area contributed by atoms with Crippen LogP contribution in [0.2, 0.25) is 0 Å². The summed E-state index contributed by atoms with van der Waals surface area (Å²) in [6, 6.07) is 3.93. The fraction of sp³-hybridized carbons (Fsp3) is 0.429. The van der Waals surface area contributed by atoms with Gasteiger partial charge in [-0.05, 0) is 36.5 Å². The number of fused-ring (bicyclic) bond motifs is 1.